The summed E-state index contributed by atoms with van der Waals surface area (Å²) in [6.07, 6.45) is -0.0741. The number of carboxylic acid groups (broad SMARTS) is 1. The fraction of sp³-hybridized carbons (Fsp3) is 0.421. The van der Waals surface area contributed by atoms with Crippen LogP contribution in [0.2, 0.25) is 0 Å². The first-order valence-electron chi connectivity index (χ1n) is 10.3. The van der Waals surface area contributed by atoms with Gasteiger partial charge in [0, 0.05) is 35.3 Å². The molecular formula is C19H19N5O7S5. The second kappa shape index (κ2) is 11.8. The maximum atomic E-state index is 12.8. The lowest BCUT2D eigenvalue weighted by Gasteiger charge is -2.49. The Morgan fingerprint density at radius 1 is 1.28 bits per heavy atom. The van der Waals surface area contributed by atoms with E-state index in [4.69, 9.17) is 4.74 Å². The van der Waals surface area contributed by atoms with Gasteiger partial charge in [0.1, 0.15) is 23.7 Å². The van der Waals surface area contributed by atoms with Crippen LogP contribution in [0.15, 0.2) is 30.1 Å². The molecule has 2 aliphatic heterocycles. The van der Waals surface area contributed by atoms with Gasteiger partial charge in [-0.3, -0.25) is 24.1 Å². The van der Waals surface area contributed by atoms with Crippen molar-refractivity contribution in [2.75, 3.05) is 23.9 Å². The van der Waals surface area contributed by atoms with Gasteiger partial charge in [-0.15, -0.1) is 22.0 Å². The number of carboxylic acids is 1. The van der Waals surface area contributed by atoms with Crippen molar-refractivity contribution in [2.24, 2.45) is 0 Å². The first-order valence-corrected chi connectivity index (χ1v) is 15.0. The zero-order chi connectivity index (χ0) is 25.8. The maximum absolute atomic E-state index is 12.8. The highest BCUT2D eigenvalue weighted by molar-refractivity contribution is 8.03. The van der Waals surface area contributed by atoms with Crippen molar-refractivity contribution in [2.45, 2.75) is 33.4 Å². The number of aliphatic carboxylic acids is 1. The largest absolute Gasteiger partial charge is 0.477 e. The molecule has 1 saturated heterocycles. The SMILES string of the molecule is CC(=O)OCCSc1nnc(SCC2=C(C(=O)O)N3C(=O)C(NC(=O)Cc4csc(=O)[nH]4)[C@H]3SC2)s1. The van der Waals surface area contributed by atoms with Gasteiger partial charge >= 0.3 is 16.8 Å². The highest BCUT2D eigenvalue weighted by Gasteiger charge is 2.54. The minimum atomic E-state index is -1.20. The van der Waals surface area contributed by atoms with Crippen LogP contribution in [0, 0.1) is 0 Å². The van der Waals surface area contributed by atoms with Gasteiger partial charge in [-0.1, -0.05) is 46.2 Å². The highest BCUT2D eigenvalue weighted by Crippen LogP contribution is 2.42. The number of fused-ring (bicyclic) bond motifs is 1. The number of ether oxygens (including phenoxy) is 1. The molecule has 17 heteroatoms. The van der Waals surface area contributed by atoms with Crippen molar-refractivity contribution in [3.05, 3.63) is 32.0 Å². The minimum Gasteiger partial charge on any atom is -0.477 e. The van der Waals surface area contributed by atoms with E-state index in [-0.39, 0.29) is 29.6 Å². The zero-order valence-corrected chi connectivity index (χ0v) is 22.6. The fourth-order valence-corrected chi connectivity index (χ4v) is 8.34. The third kappa shape index (κ3) is 6.31. The van der Waals surface area contributed by atoms with Gasteiger partial charge in [-0.25, -0.2) is 4.79 Å². The van der Waals surface area contributed by atoms with Gasteiger partial charge in [-0.2, -0.15) is 0 Å². The number of carbonyl (C=O) groups excluding carboxylic acids is 3. The van der Waals surface area contributed by atoms with Crippen LogP contribution < -0.4 is 10.2 Å². The number of thiazole rings is 1. The number of hydrogen-bond acceptors (Lipinski definition) is 13. The Balaban J connectivity index is 1.34. The third-order valence-electron chi connectivity index (χ3n) is 4.86. The molecule has 4 heterocycles. The molecule has 12 nitrogen and oxygen atoms in total. The molecule has 2 atom stereocenters. The van der Waals surface area contributed by atoms with Gasteiger partial charge in [0.25, 0.3) is 5.91 Å². The summed E-state index contributed by atoms with van der Waals surface area (Å²) in [5.41, 5.74) is 0.974. The van der Waals surface area contributed by atoms with Crippen molar-refractivity contribution in [1.82, 2.24) is 25.4 Å². The Labute approximate surface area is 224 Å². The number of hydrogen-bond donors (Lipinski definition) is 3. The number of nitrogens with one attached hydrogen (secondary N) is 2. The number of aromatic amines is 1. The van der Waals surface area contributed by atoms with Crippen LogP contribution in [0.25, 0.3) is 0 Å². The lowest BCUT2D eigenvalue weighted by Crippen LogP contribution is -2.70. The molecule has 4 rings (SSSR count). The molecule has 0 spiro atoms. The summed E-state index contributed by atoms with van der Waals surface area (Å²) in [5, 5.41) is 21.7. The number of carbonyl (C=O) groups is 4. The molecular weight excluding hydrogens is 571 g/mol. The van der Waals surface area contributed by atoms with Crippen molar-refractivity contribution < 1.29 is 29.0 Å². The number of H-pyrrole nitrogens is 1. The lowest BCUT2D eigenvalue weighted by atomic mass is 10.0. The average Bonchev–Trinajstić information content (AvgIpc) is 3.46. The third-order valence-corrected chi connectivity index (χ3v) is 10.2. The number of amides is 2. The predicted molar refractivity (Wildman–Crippen MR) is 136 cm³/mol. The van der Waals surface area contributed by atoms with E-state index in [0.29, 0.717) is 37.2 Å². The van der Waals surface area contributed by atoms with Gasteiger partial charge < -0.3 is 20.1 Å². The molecule has 2 aromatic heterocycles. The highest BCUT2D eigenvalue weighted by atomic mass is 32.2. The zero-order valence-electron chi connectivity index (χ0n) is 18.5. The number of β-lactam (4-membered cyclic amide) rings is 1. The molecule has 1 fully saturated rings. The number of thioether (sulfide) groups is 3. The molecule has 0 aromatic carbocycles. The average molecular weight is 590 g/mol. The monoisotopic (exact) mass is 589 g/mol. The minimum absolute atomic E-state index is 0.0654. The molecule has 192 valence electrons. The van der Waals surface area contributed by atoms with Crippen molar-refractivity contribution in [1.29, 1.82) is 0 Å². The molecule has 0 saturated carbocycles. The number of nitrogens with zero attached hydrogens (tertiary/aromatic N) is 3. The summed E-state index contributed by atoms with van der Waals surface area (Å²) >= 11 is 6.42. The van der Waals surface area contributed by atoms with Gasteiger partial charge in [0.15, 0.2) is 8.68 Å². The van der Waals surface area contributed by atoms with E-state index in [9.17, 15) is 29.1 Å². The van der Waals surface area contributed by atoms with E-state index >= 15 is 0 Å². The van der Waals surface area contributed by atoms with E-state index in [0.717, 1.165) is 11.3 Å². The van der Waals surface area contributed by atoms with E-state index in [1.54, 1.807) is 5.38 Å². The molecule has 36 heavy (non-hydrogen) atoms. The van der Waals surface area contributed by atoms with Crippen molar-refractivity contribution in [3.63, 3.8) is 0 Å². The number of rotatable bonds is 11. The number of esters is 1. The van der Waals surface area contributed by atoms with Crippen molar-refractivity contribution >= 4 is 81.7 Å². The molecule has 0 aliphatic carbocycles. The molecule has 3 N–H and O–H groups in total. The molecule has 2 aliphatic rings. The summed E-state index contributed by atoms with van der Waals surface area (Å²) in [6, 6.07) is -0.828. The molecule has 2 amide bonds. The standard InChI is InChI=1S/C19H19N5O7S5/c1-8(25)31-2-3-32-18-22-23-19(36-18)35-6-9-5-33-15-12(14(27)24(15)13(9)16(28)29)21-11(26)4-10-7-34-17(30)20-10/h7,12,15H,2-6H2,1H3,(H,20,30)(H,21,26)(H,28,29)/t12?,15-/m1/s1. The van der Waals surface area contributed by atoms with Crippen LogP contribution >= 0.6 is 58.0 Å². The van der Waals surface area contributed by atoms with Crippen LogP contribution in [0.4, 0.5) is 0 Å². The van der Waals surface area contributed by atoms with E-state index in [1.165, 1.54) is 58.4 Å². The van der Waals surface area contributed by atoms with Gasteiger partial charge in [0.2, 0.25) is 5.91 Å². The molecule has 2 aromatic rings. The summed E-state index contributed by atoms with van der Waals surface area (Å²) in [4.78, 5) is 62.7. The Kier molecular flexibility index (Phi) is 8.76. The van der Waals surface area contributed by atoms with Gasteiger partial charge in [0.05, 0.1) is 6.42 Å². The predicted octanol–water partition coefficient (Wildman–Crippen LogP) is 1.02. The van der Waals surface area contributed by atoms with E-state index in [2.05, 4.69) is 20.5 Å². The quantitative estimate of drug-likeness (QED) is 0.147. The Hall–Kier alpha value is -2.34. The Bertz CT molecular complexity index is 1270. The summed E-state index contributed by atoms with van der Waals surface area (Å²) in [5.74, 6) is -1.21. The van der Waals surface area contributed by atoms with E-state index in [1.807, 2.05) is 0 Å². The Morgan fingerprint density at radius 2 is 2.03 bits per heavy atom. The molecule has 1 unspecified atom stereocenters. The van der Waals surface area contributed by atoms with Crippen LogP contribution in [0.1, 0.15) is 12.6 Å². The second-order valence-corrected chi connectivity index (χ2v) is 12.9. The summed E-state index contributed by atoms with van der Waals surface area (Å²) in [6.45, 7) is 1.62. The second-order valence-electron chi connectivity index (χ2n) is 7.37. The molecule has 0 radical (unpaired) electrons. The van der Waals surface area contributed by atoms with Gasteiger partial charge in [-0.05, 0) is 5.57 Å². The maximum Gasteiger partial charge on any atom is 0.352 e. The van der Waals surface area contributed by atoms with Crippen LogP contribution in [-0.4, -0.2) is 84.2 Å². The van der Waals surface area contributed by atoms with Crippen LogP contribution in [0.3, 0.4) is 0 Å². The number of aromatic nitrogens is 3. The first kappa shape index (κ1) is 26.7. The first-order chi connectivity index (χ1) is 17.2. The summed E-state index contributed by atoms with van der Waals surface area (Å²) in [7, 11) is 0. The van der Waals surface area contributed by atoms with Crippen molar-refractivity contribution in [3.8, 4) is 0 Å². The van der Waals surface area contributed by atoms with Crippen LogP contribution in [0.5, 0.6) is 0 Å². The lowest BCUT2D eigenvalue weighted by molar-refractivity contribution is -0.150. The summed E-state index contributed by atoms with van der Waals surface area (Å²) < 4.78 is 6.24. The molecule has 0 bridgehead atoms. The topological polar surface area (TPSA) is 172 Å². The Morgan fingerprint density at radius 3 is 2.69 bits per heavy atom. The fourth-order valence-electron chi connectivity index (χ4n) is 3.37. The smallest absolute Gasteiger partial charge is 0.352 e. The normalized spacial score (nSPS) is 19.0. The van der Waals surface area contributed by atoms with E-state index < -0.39 is 29.2 Å². The van der Waals surface area contributed by atoms with Crippen LogP contribution in [-0.2, 0) is 30.3 Å².